The highest BCUT2D eigenvalue weighted by molar-refractivity contribution is 6.07. The first-order valence-electron chi connectivity index (χ1n) is 12.1. The number of hydrogen-bond donors (Lipinski definition) is 0. The minimum atomic E-state index is -4.41. The molecule has 6 nitrogen and oxygen atoms in total. The second-order valence-corrected chi connectivity index (χ2v) is 8.83. The van der Waals surface area contributed by atoms with Gasteiger partial charge < -0.3 is 9.80 Å². The Morgan fingerprint density at radius 1 is 1.15 bits per heavy atom. The lowest BCUT2D eigenvalue weighted by molar-refractivity contribution is -0.139. The van der Waals surface area contributed by atoms with Crippen molar-refractivity contribution in [3.05, 3.63) is 59.6 Å². The Hall–Kier alpha value is -3.71. The maximum Gasteiger partial charge on any atom is 0.390 e. The summed E-state index contributed by atoms with van der Waals surface area (Å²) in [6.07, 6.45) is -4.44. The summed E-state index contributed by atoms with van der Waals surface area (Å²) >= 11 is 0. The predicted octanol–water partition coefficient (Wildman–Crippen LogP) is 7.02. The van der Waals surface area contributed by atoms with Gasteiger partial charge in [0.2, 0.25) is 5.91 Å². The quantitative estimate of drug-likeness (QED) is 0.346. The van der Waals surface area contributed by atoms with Gasteiger partial charge in [0.15, 0.2) is 5.84 Å². The lowest BCUT2D eigenvalue weighted by atomic mass is 10.1. The monoisotopic (exact) mass is 579 g/mol. The number of imidazole rings is 1. The SMILES string of the molecule is CC(F)(F)F.C\C=C1/C(=N\C(=C(/C)CC)n2ccnc2-c2ccc(F)cc2F)N(CCC(F)(F)F)CC(=O)N1C. The smallest absolute Gasteiger partial charge is 0.345 e. The number of piperazine rings is 1. The second kappa shape index (κ2) is 13.1. The van der Waals surface area contributed by atoms with Crippen LogP contribution < -0.4 is 0 Å². The van der Waals surface area contributed by atoms with Crippen molar-refractivity contribution in [1.29, 1.82) is 0 Å². The van der Waals surface area contributed by atoms with Crippen LogP contribution in [-0.4, -0.2) is 63.6 Å². The molecule has 2 heterocycles. The van der Waals surface area contributed by atoms with Crippen molar-refractivity contribution in [3.63, 3.8) is 0 Å². The Balaban J connectivity index is 0.00000103. The first-order valence-corrected chi connectivity index (χ1v) is 12.1. The molecule has 3 rings (SSSR count). The third-order valence-electron chi connectivity index (χ3n) is 5.69. The fraction of sp³-hybridized carbons (Fsp3) is 0.423. The zero-order valence-electron chi connectivity index (χ0n) is 22.5. The van der Waals surface area contributed by atoms with E-state index in [0.717, 1.165) is 17.7 Å². The molecule has 1 fully saturated rings. The molecular formula is C26H29F8N5O. The molecule has 0 spiro atoms. The molecule has 1 aromatic heterocycles. The third-order valence-corrected chi connectivity index (χ3v) is 5.69. The Kier molecular flexibility index (Phi) is 10.6. The van der Waals surface area contributed by atoms with Crippen LogP contribution in [0.4, 0.5) is 35.1 Å². The number of amides is 1. The number of nitrogens with zero attached hydrogens (tertiary/aromatic N) is 5. The number of halogens is 8. The van der Waals surface area contributed by atoms with E-state index in [4.69, 9.17) is 4.99 Å². The first kappa shape index (κ1) is 32.5. The van der Waals surface area contributed by atoms with E-state index in [1.54, 1.807) is 26.1 Å². The number of hydrogen-bond acceptors (Lipinski definition) is 3. The Labute approximate surface area is 226 Å². The Morgan fingerprint density at radius 2 is 1.77 bits per heavy atom. The van der Waals surface area contributed by atoms with Crippen LogP contribution in [0.5, 0.6) is 0 Å². The number of aromatic nitrogens is 2. The van der Waals surface area contributed by atoms with Crippen LogP contribution in [0.2, 0.25) is 0 Å². The van der Waals surface area contributed by atoms with Gasteiger partial charge in [-0.15, -0.1) is 0 Å². The van der Waals surface area contributed by atoms with E-state index in [2.05, 4.69) is 4.98 Å². The summed E-state index contributed by atoms with van der Waals surface area (Å²) in [4.78, 5) is 24.0. The van der Waals surface area contributed by atoms with Crippen molar-refractivity contribution >= 4 is 17.6 Å². The van der Waals surface area contributed by atoms with Gasteiger partial charge >= 0.3 is 12.4 Å². The van der Waals surface area contributed by atoms with E-state index in [-0.39, 0.29) is 36.6 Å². The normalized spacial score (nSPS) is 17.3. The zero-order chi connectivity index (χ0) is 30.4. The van der Waals surface area contributed by atoms with E-state index < -0.39 is 37.0 Å². The molecule has 0 bridgehead atoms. The van der Waals surface area contributed by atoms with Crippen molar-refractivity contribution in [2.24, 2.45) is 4.99 Å². The van der Waals surface area contributed by atoms with Crippen LogP contribution in [0.15, 0.2) is 52.9 Å². The Morgan fingerprint density at radius 3 is 2.30 bits per heavy atom. The molecule has 14 heteroatoms. The van der Waals surface area contributed by atoms with Crippen molar-refractivity contribution < 1.29 is 39.9 Å². The topological polar surface area (TPSA) is 53.7 Å². The highest BCUT2D eigenvalue weighted by Crippen LogP contribution is 2.29. The number of benzene rings is 1. The maximum absolute atomic E-state index is 14.6. The zero-order valence-corrected chi connectivity index (χ0v) is 22.5. The second-order valence-electron chi connectivity index (χ2n) is 8.83. The van der Waals surface area contributed by atoms with Gasteiger partial charge in [0.25, 0.3) is 0 Å². The summed E-state index contributed by atoms with van der Waals surface area (Å²) < 4.78 is 99.6. The molecule has 220 valence electrons. The van der Waals surface area contributed by atoms with Crippen molar-refractivity contribution in [2.45, 2.75) is 52.9 Å². The van der Waals surface area contributed by atoms with Crippen LogP contribution in [0.3, 0.4) is 0 Å². The minimum Gasteiger partial charge on any atom is -0.345 e. The number of amidine groups is 1. The molecule has 1 aliphatic rings. The van der Waals surface area contributed by atoms with Crippen molar-refractivity contribution in [2.75, 3.05) is 20.1 Å². The highest BCUT2D eigenvalue weighted by Gasteiger charge is 2.35. The number of aliphatic imine (C=N–C) groups is 1. The van der Waals surface area contributed by atoms with Gasteiger partial charge in [-0.05, 0) is 38.0 Å². The summed E-state index contributed by atoms with van der Waals surface area (Å²) in [5.41, 5.74) is 1.12. The molecule has 0 saturated carbocycles. The summed E-state index contributed by atoms with van der Waals surface area (Å²) in [5, 5.41) is 0. The largest absolute Gasteiger partial charge is 0.390 e. The van der Waals surface area contributed by atoms with Gasteiger partial charge in [0, 0.05) is 39.0 Å². The molecule has 1 aliphatic heterocycles. The minimum absolute atomic E-state index is 0.0362. The number of likely N-dealkylation sites (N-methyl/N-ethyl adjacent to an activating group) is 1. The van der Waals surface area contributed by atoms with E-state index >= 15 is 0 Å². The van der Waals surface area contributed by atoms with Crippen molar-refractivity contribution in [3.8, 4) is 11.4 Å². The molecular weight excluding hydrogens is 550 g/mol. The van der Waals surface area contributed by atoms with E-state index in [1.165, 1.54) is 33.7 Å². The Bertz CT molecular complexity index is 1280. The van der Waals surface area contributed by atoms with Crippen LogP contribution in [-0.2, 0) is 4.79 Å². The van der Waals surface area contributed by atoms with Crippen LogP contribution >= 0.6 is 0 Å². The average Bonchev–Trinajstić information content (AvgIpc) is 3.30. The number of carbonyl (C=O) groups is 1. The number of carbonyl (C=O) groups excluding carboxylic acids is 1. The van der Waals surface area contributed by atoms with Crippen LogP contribution in [0, 0.1) is 11.6 Å². The lowest BCUT2D eigenvalue weighted by Crippen LogP contribution is -2.51. The summed E-state index contributed by atoms with van der Waals surface area (Å²) in [6.45, 7) is 4.78. The van der Waals surface area contributed by atoms with E-state index in [1.807, 2.05) is 6.92 Å². The fourth-order valence-corrected chi connectivity index (χ4v) is 3.65. The average molecular weight is 580 g/mol. The van der Waals surface area contributed by atoms with E-state index in [9.17, 15) is 39.9 Å². The number of rotatable bonds is 6. The molecule has 0 atom stereocenters. The molecule has 2 aromatic rings. The van der Waals surface area contributed by atoms with Gasteiger partial charge in [-0.1, -0.05) is 13.0 Å². The van der Waals surface area contributed by atoms with Gasteiger partial charge in [0.1, 0.15) is 23.3 Å². The van der Waals surface area contributed by atoms with Crippen molar-refractivity contribution in [1.82, 2.24) is 19.4 Å². The molecule has 1 saturated heterocycles. The molecule has 0 N–H and O–H groups in total. The standard InChI is InChI=1S/C24H26F5N5O.C2H3F3/c1-5-15(3)21(34-12-10-30-22(34)17-8-7-16(25)13-18(17)26)31-23-19(6-2)32(4)20(35)14-33(23)11-9-24(27,28)29;1-2(3,4)5/h6-8,10,12-13H,5,9,11,14H2,1-4H3;1H3/b19-6+,21-15-,31-23+;. The van der Waals surface area contributed by atoms with E-state index in [0.29, 0.717) is 17.9 Å². The van der Waals surface area contributed by atoms with Crippen LogP contribution in [0.1, 0.15) is 40.5 Å². The summed E-state index contributed by atoms with van der Waals surface area (Å²) in [6, 6.07) is 3.11. The molecule has 1 amide bonds. The number of alkyl halides is 6. The van der Waals surface area contributed by atoms with Gasteiger partial charge in [0.05, 0.1) is 24.2 Å². The van der Waals surface area contributed by atoms with Gasteiger partial charge in [-0.3, -0.25) is 9.36 Å². The molecule has 0 unspecified atom stereocenters. The first-order chi connectivity index (χ1) is 18.5. The maximum atomic E-state index is 14.6. The molecule has 0 radical (unpaired) electrons. The molecule has 1 aromatic carbocycles. The summed E-state index contributed by atoms with van der Waals surface area (Å²) in [5.74, 6) is -1.27. The molecule has 0 aliphatic carbocycles. The lowest BCUT2D eigenvalue weighted by Gasteiger charge is -2.37. The van der Waals surface area contributed by atoms with Gasteiger partial charge in [-0.25, -0.2) is 18.8 Å². The van der Waals surface area contributed by atoms with Gasteiger partial charge in [-0.2, -0.15) is 26.3 Å². The predicted molar refractivity (Wildman–Crippen MR) is 135 cm³/mol. The summed E-state index contributed by atoms with van der Waals surface area (Å²) in [7, 11) is 1.53. The highest BCUT2D eigenvalue weighted by atomic mass is 19.4. The third kappa shape index (κ3) is 8.91. The molecule has 40 heavy (non-hydrogen) atoms. The number of allylic oxidation sites excluding steroid dienone is 2. The fourth-order valence-electron chi connectivity index (χ4n) is 3.65. The van der Waals surface area contributed by atoms with Crippen LogP contribution in [0.25, 0.3) is 17.2 Å².